The van der Waals surface area contributed by atoms with E-state index >= 15 is 0 Å². The fourth-order valence-electron chi connectivity index (χ4n) is 1.49. The minimum atomic E-state index is -0.157. The van der Waals surface area contributed by atoms with E-state index in [1.807, 2.05) is 0 Å². The molecule has 0 unspecified atom stereocenters. The number of aromatic nitrogens is 3. The van der Waals surface area contributed by atoms with Crippen molar-refractivity contribution < 1.29 is 9.59 Å². The number of aromatic amines is 1. The van der Waals surface area contributed by atoms with Crippen LogP contribution in [-0.2, 0) is 11.3 Å². The van der Waals surface area contributed by atoms with Crippen LogP contribution >= 0.6 is 11.3 Å². The van der Waals surface area contributed by atoms with Gasteiger partial charge in [-0.15, -0.1) is 11.3 Å². The Morgan fingerprint density at radius 2 is 2.26 bits per heavy atom. The van der Waals surface area contributed by atoms with Crippen LogP contribution in [0, 0.1) is 0 Å². The second kappa shape index (κ2) is 5.61. The van der Waals surface area contributed by atoms with Crippen LogP contribution in [0.15, 0.2) is 18.5 Å². The van der Waals surface area contributed by atoms with Gasteiger partial charge in [-0.1, -0.05) is 0 Å². The molecule has 0 radical (unpaired) electrons. The largest absolute Gasteiger partial charge is 0.333 e. The fraction of sp³-hybridized carbons (Fsp3) is 0.273. The molecular formula is C11H13N5O2S. The van der Waals surface area contributed by atoms with Crippen molar-refractivity contribution in [3.05, 3.63) is 29.2 Å². The lowest BCUT2D eigenvalue weighted by Crippen LogP contribution is -2.25. The van der Waals surface area contributed by atoms with Crippen LogP contribution in [0.25, 0.3) is 0 Å². The van der Waals surface area contributed by atoms with E-state index in [0.29, 0.717) is 22.2 Å². The molecule has 2 heterocycles. The Morgan fingerprint density at radius 1 is 1.47 bits per heavy atom. The highest BCUT2D eigenvalue weighted by Crippen LogP contribution is 2.23. The van der Waals surface area contributed by atoms with E-state index in [9.17, 15) is 9.59 Å². The van der Waals surface area contributed by atoms with Crippen LogP contribution in [0.4, 0.5) is 5.00 Å². The first kappa shape index (κ1) is 13.2. The molecule has 0 aliphatic carbocycles. The lowest BCUT2D eigenvalue weighted by atomic mass is 10.4. The van der Waals surface area contributed by atoms with Gasteiger partial charge in [-0.25, -0.2) is 4.98 Å². The predicted molar refractivity (Wildman–Crippen MR) is 70.8 cm³/mol. The molecule has 2 aromatic rings. The summed E-state index contributed by atoms with van der Waals surface area (Å²) >= 11 is 1.24. The molecule has 2 aromatic heterocycles. The smallest absolute Gasteiger partial charge is 0.264 e. The molecule has 0 aromatic carbocycles. The molecule has 2 N–H and O–H groups in total. The standard InChI is InChI=1S/C11H13N5O2S/c1-7(17)14-10-4-3-8(19-10)11(18)16(2)5-9-12-6-13-15-9/h3-4,6H,5H2,1-2H3,(H,14,17)(H,12,13,15). The zero-order valence-corrected chi connectivity index (χ0v) is 11.3. The number of H-pyrrole nitrogens is 1. The molecule has 8 heteroatoms. The molecule has 0 saturated carbocycles. The molecule has 2 amide bonds. The van der Waals surface area contributed by atoms with Crippen LogP contribution in [0.2, 0.25) is 0 Å². The number of hydrogen-bond donors (Lipinski definition) is 2. The number of rotatable bonds is 4. The van der Waals surface area contributed by atoms with Gasteiger partial charge in [0.25, 0.3) is 5.91 Å². The van der Waals surface area contributed by atoms with Gasteiger partial charge in [0.2, 0.25) is 5.91 Å². The monoisotopic (exact) mass is 279 g/mol. The van der Waals surface area contributed by atoms with E-state index < -0.39 is 0 Å². The molecule has 2 rings (SSSR count). The second-order valence-electron chi connectivity index (χ2n) is 3.94. The molecule has 100 valence electrons. The Labute approximate surface area is 113 Å². The summed E-state index contributed by atoms with van der Waals surface area (Å²) in [6.45, 7) is 1.78. The van der Waals surface area contributed by atoms with Crippen molar-refractivity contribution in [1.29, 1.82) is 0 Å². The molecule has 0 aliphatic heterocycles. The van der Waals surface area contributed by atoms with Gasteiger partial charge in [-0.3, -0.25) is 14.7 Å². The van der Waals surface area contributed by atoms with E-state index in [0.717, 1.165) is 0 Å². The zero-order valence-electron chi connectivity index (χ0n) is 10.5. The summed E-state index contributed by atoms with van der Waals surface area (Å²) in [7, 11) is 1.68. The number of nitrogens with zero attached hydrogens (tertiary/aromatic N) is 3. The maximum atomic E-state index is 12.1. The predicted octanol–water partition coefficient (Wildman–Crippen LogP) is 1.10. The minimum absolute atomic E-state index is 0.127. The van der Waals surface area contributed by atoms with Gasteiger partial charge in [0.1, 0.15) is 12.2 Å². The molecule has 0 aliphatic rings. The molecular weight excluding hydrogens is 266 g/mol. The quantitative estimate of drug-likeness (QED) is 0.876. The number of hydrogen-bond acceptors (Lipinski definition) is 5. The number of amides is 2. The molecule has 0 saturated heterocycles. The van der Waals surface area contributed by atoms with E-state index in [-0.39, 0.29) is 11.8 Å². The summed E-state index contributed by atoms with van der Waals surface area (Å²) in [5.41, 5.74) is 0. The minimum Gasteiger partial charge on any atom is -0.333 e. The van der Waals surface area contributed by atoms with Crippen molar-refractivity contribution in [3.8, 4) is 0 Å². The van der Waals surface area contributed by atoms with Gasteiger partial charge in [0.05, 0.1) is 16.4 Å². The topological polar surface area (TPSA) is 91.0 Å². The van der Waals surface area contributed by atoms with Crippen molar-refractivity contribution >= 4 is 28.2 Å². The van der Waals surface area contributed by atoms with E-state index in [1.165, 1.54) is 29.5 Å². The van der Waals surface area contributed by atoms with E-state index in [4.69, 9.17) is 0 Å². The summed E-state index contributed by atoms with van der Waals surface area (Å²) in [6, 6.07) is 3.40. The third kappa shape index (κ3) is 3.38. The van der Waals surface area contributed by atoms with Crippen LogP contribution in [0.3, 0.4) is 0 Å². The van der Waals surface area contributed by atoms with Gasteiger partial charge in [0, 0.05) is 14.0 Å². The van der Waals surface area contributed by atoms with Gasteiger partial charge in [-0.2, -0.15) is 5.10 Å². The van der Waals surface area contributed by atoms with Crippen molar-refractivity contribution in [2.45, 2.75) is 13.5 Å². The maximum Gasteiger partial charge on any atom is 0.264 e. The van der Waals surface area contributed by atoms with Crippen LogP contribution in [0.5, 0.6) is 0 Å². The zero-order chi connectivity index (χ0) is 13.8. The highest BCUT2D eigenvalue weighted by atomic mass is 32.1. The van der Waals surface area contributed by atoms with Gasteiger partial charge in [-0.05, 0) is 12.1 Å². The Kier molecular flexibility index (Phi) is 3.91. The number of thiophene rings is 1. The van der Waals surface area contributed by atoms with Crippen molar-refractivity contribution in [2.75, 3.05) is 12.4 Å². The maximum absolute atomic E-state index is 12.1. The summed E-state index contributed by atoms with van der Waals surface area (Å²) < 4.78 is 0. The van der Waals surface area contributed by atoms with Crippen molar-refractivity contribution in [2.24, 2.45) is 0 Å². The van der Waals surface area contributed by atoms with Crippen molar-refractivity contribution in [1.82, 2.24) is 20.1 Å². The SMILES string of the molecule is CC(=O)Nc1ccc(C(=O)N(C)Cc2ncn[nH]2)s1. The average Bonchev–Trinajstić information content (AvgIpc) is 2.98. The molecule has 19 heavy (non-hydrogen) atoms. The van der Waals surface area contributed by atoms with E-state index in [1.54, 1.807) is 19.2 Å². The first-order valence-electron chi connectivity index (χ1n) is 5.53. The highest BCUT2D eigenvalue weighted by Gasteiger charge is 2.15. The fourth-order valence-corrected chi connectivity index (χ4v) is 2.43. The lowest BCUT2D eigenvalue weighted by molar-refractivity contribution is -0.114. The molecule has 0 atom stereocenters. The Hall–Kier alpha value is -2.22. The number of carbonyl (C=O) groups is 2. The van der Waals surface area contributed by atoms with Crippen LogP contribution in [0.1, 0.15) is 22.4 Å². The van der Waals surface area contributed by atoms with Gasteiger partial charge in [0.15, 0.2) is 0 Å². The Morgan fingerprint density at radius 3 is 2.89 bits per heavy atom. The van der Waals surface area contributed by atoms with Crippen LogP contribution in [-0.4, -0.2) is 38.9 Å². The molecule has 0 fully saturated rings. The van der Waals surface area contributed by atoms with Gasteiger partial charge < -0.3 is 10.2 Å². The van der Waals surface area contributed by atoms with Gasteiger partial charge >= 0.3 is 0 Å². The number of nitrogens with one attached hydrogen (secondary N) is 2. The first-order chi connectivity index (χ1) is 9.06. The highest BCUT2D eigenvalue weighted by molar-refractivity contribution is 7.18. The number of anilines is 1. The second-order valence-corrected chi connectivity index (χ2v) is 5.02. The lowest BCUT2D eigenvalue weighted by Gasteiger charge is -2.13. The summed E-state index contributed by atoms with van der Waals surface area (Å²) in [5.74, 6) is 0.336. The third-order valence-corrected chi connectivity index (χ3v) is 3.30. The third-order valence-electron chi connectivity index (χ3n) is 2.31. The average molecular weight is 279 g/mol. The summed E-state index contributed by atoms with van der Waals surface area (Å²) in [5, 5.41) is 9.72. The molecule has 0 bridgehead atoms. The summed E-state index contributed by atoms with van der Waals surface area (Å²) in [6.07, 6.45) is 1.40. The summed E-state index contributed by atoms with van der Waals surface area (Å²) in [4.78, 5) is 29.1. The Bertz CT molecular complexity index is 578. The number of carbonyl (C=O) groups excluding carboxylic acids is 2. The Balaban J connectivity index is 2.02. The van der Waals surface area contributed by atoms with Crippen molar-refractivity contribution in [3.63, 3.8) is 0 Å². The van der Waals surface area contributed by atoms with Crippen LogP contribution < -0.4 is 5.32 Å². The van der Waals surface area contributed by atoms with E-state index in [2.05, 4.69) is 20.5 Å². The molecule has 0 spiro atoms. The molecule has 7 nitrogen and oxygen atoms in total. The first-order valence-corrected chi connectivity index (χ1v) is 6.35. The normalized spacial score (nSPS) is 10.2.